The van der Waals surface area contributed by atoms with E-state index in [0.29, 0.717) is 22.1 Å². The molecule has 1 atom stereocenters. The lowest BCUT2D eigenvalue weighted by Crippen LogP contribution is -2.36. The Labute approximate surface area is 160 Å². The van der Waals surface area contributed by atoms with E-state index < -0.39 is 21.8 Å². The molecule has 1 unspecified atom stereocenters. The van der Waals surface area contributed by atoms with E-state index in [0.717, 1.165) is 0 Å². The van der Waals surface area contributed by atoms with Gasteiger partial charge < -0.3 is 10.6 Å². The Kier molecular flexibility index (Phi) is 5.43. The van der Waals surface area contributed by atoms with Gasteiger partial charge in [-0.15, -0.1) is 0 Å². The second-order valence-corrected chi connectivity index (χ2v) is 9.14. The van der Waals surface area contributed by atoms with Crippen LogP contribution in [0.25, 0.3) is 0 Å². The lowest BCUT2D eigenvalue weighted by atomic mass is 10.1. The molecule has 2 N–H and O–H groups in total. The Bertz CT molecular complexity index is 959. The number of halogens is 1. The van der Waals surface area contributed by atoms with Crippen LogP contribution in [0, 0.1) is 0 Å². The number of benzene rings is 2. The van der Waals surface area contributed by atoms with Crippen LogP contribution in [0.2, 0.25) is 0 Å². The maximum absolute atomic E-state index is 12.6. The number of anilines is 1. The van der Waals surface area contributed by atoms with Crippen molar-refractivity contribution in [1.29, 1.82) is 0 Å². The van der Waals surface area contributed by atoms with Crippen molar-refractivity contribution in [2.24, 2.45) is 0 Å². The first-order chi connectivity index (χ1) is 12.4. The number of hydrogen-bond donors (Lipinski definition) is 2. The Morgan fingerprint density at radius 3 is 2.27 bits per heavy atom. The molecule has 0 spiro atoms. The number of hydrogen-bond acceptors (Lipinski definition) is 4. The summed E-state index contributed by atoms with van der Waals surface area (Å²) in [6, 6.07) is 13.2. The van der Waals surface area contributed by atoms with Crippen LogP contribution in [0.4, 0.5) is 5.69 Å². The van der Waals surface area contributed by atoms with Gasteiger partial charge >= 0.3 is 0 Å². The monoisotopic (exact) mass is 436 g/mol. The Balaban J connectivity index is 1.77. The molecule has 0 aliphatic carbocycles. The fourth-order valence-electron chi connectivity index (χ4n) is 2.80. The highest BCUT2D eigenvalue weighted by atomic mass is 79.9. The highest BCUT2D eigenvalue weighted by Crippen LogP contribution is 2.21. The predicted octanol–water partition coefficient (Wildman–Crippen LogP) is 2.62. The zero-order valence-electron chi connectivity index (χ0n) is 13.7. The molecule has 2 aromatic rings. The number of carbonyl (C=O) groups is 2. The van der Waals surface area contributed by atoms with E-state index >= 15 is 0 Å². The fraction of sp³-hybridized carbons (Fsp3) is 0.222. The first-order valence-corrected chi connectivity index (χ1v) is 10.6. The Hall–Kier alpha value is -2.19. The van der Waals surface area contributed by atoms with E-state index in [9.17, 15) is 18.0 Å². The largest absolute Gasteiger partial charge is 0.348 e. The van der Waals surface area contributed by atoms with E-state index in [-0.39, 0.29) is 23.0 Å². The summed E-state index contributed by atoms with van der Waals surface area (Å²) in [5, 5.41) is 5.48. The van der Waals surface area contributed by atoms with Crippen LogP contribution in [0.3, 0.4) is 0 Å². The molecule has 2 aromatic carbocycles. The summed E-state index contributed by atoms with van der Waals surface area (Å²) in [7, 11) is -3.08. The average Bonchev–Trinajstić information content (AvgIpc) is 2.94. The van der Waals surface area contributed by atoms with Crippen molar-refractivity contribution in [3.63, 3.8) is 0 Å². The SMILES string of the molecule is O=C(Nc1ccccc1C(=O)NC1CCS(=O)(=O)C1)c1ccccc1Br. The first kappa shape index (κ1) is 18.6. The van der Waals surface area contributed by atoms with Gasteiger partial charge in [0.05, 0.1) is 28.3 Å². The van der Waals surface area contributed by atoms with Crippen LogP contribution in [0.5, 0.6) is 0 Å². The number of amides is 2. The standard InChI is InChI=1S/C18H17BrN2O4S/c19-15-7-3-1-5-13(15)17(22)21-16-8-4-2-6-14(16)18(23)20-12-9-10-26(24,25)11-12/h1-8,12H,9-11H2,(H,20,23)(H,21,22). The van der Waals surface area contributed by atoms with Crippen molar-refractivity contribution >= 4 is 43.3 Å². The van der Waals surface area contributed by atoms with E-state index in [4.69, 9.17) is 0 Å². The molecule has 1 heterocycles. The predicted molar refractivity (Wildman–Crippen MR) is 103 cm³/mol. The number of carbonyl (C=O) groups excluding carboxylic acids is 2. The third-order valence-corrected chi connectivity index (χ3v) is 6.57. The lowest BCUT2D eigenvalue weighted by molar-refractivity contribution is 0.0942. The fourth-order valence-corrected chi connectivity index (χ4v) is 4.94. The van der Waals surface area contributed by atoms with Gasteiger partial charge in [-0.3, -0.25) is 9.59 Å². The third-order valence-electron chi connectivity index (χ3n) is 4.11. The minimum absolute atomic E-state index is 0.0514. The van der Waals surface area contributed by atoms with E-state index in [2.05, 4.69) is 26.6 Å². The average molecular weight is 437 g/mol. The summed E-state index contributed by atoms with van der Waals surface area (Å²) in [6.07, 6.45) is 0.402. The van der Waals surface area contributed by atoms with Crippen molar-refractivity contribution in [2.45, 2.75) is 12.5 Å². The summed E-state index contributed by atoms with van der Waals surface area (Å²) < 4.78 is 23.7. The molecule has 1 saturated heterocycles. The molecule has 3 rings (SSSR count). The second-order valence-electron chi connectivity index (χ2n) is 6.05. The van der Waals surface area contributed by atoms with Crippen molar-refractivity contribution in [1.82, 2.24) is 5.32 Å². The normalized spacial score (nSPS) is 18.3. The lowest BCUT2D eigenvalue weighted by Gasteiger charge is -2.14. The smallest absolute Gasteiger partial charge is 0.256 e. The minimum Gasteiger partial charge on any atom is -0.348 e. The highest BCUT2D eigenvalue weighted by Gasteiger charge is 2.29. The highest BCUT2D eigenvalue weighted by molar-refractivity contribution is 9.10. The minimum atomic E-state index is -3.08. The first-order valence-electron chi connectivity index (χ1n) is 8.02. The second kappa shape index (κ2) is 7.59. The topological polar surface area (TPSA) is 92.3 Å². The van der Waals surface area contributed by atoms with Gasteiger partial charge in [-0.2, -0.15) is 0 Å². The van der Waals surface area contributed by atoms with Crippen LogP contribution < -0.4 is 10.6 Å². The van der Waals surface area contributed by atoms with E-state index in [1.54, 1.807) is 48.5 Å². The maximum atomic E-state index is 12.6. The molecule has 136 valence electrons. The van der Waals surface area contributed by atoms with E-state index in [1.165, 1.54) is 0 Å². The molecule has 1 aliphatic heterocycles. The molecule has 0 saturated carbocycles. The molecule has 0 bridgehead atoms. The third kappa shape index (κ3) is 4.31. The summed E-state index contributed by atoms with van der Waals surface area (Å²) in [5.74, 6) is -0.723. The molecule has 6 nitrogen and oxygen atoms in total. The van der Waals surface area contributed by atoms with Crippen molar-refractivity contribution in [3.05, 3.63) is 64.1 Å². The molecular weight excluding hydrogens is 420 g/mol. The van der Waals surface area contributed by atoms with Gasteiger partial charge in [0.2, 0.25) is 0 Å². The molecule has 8 heteroatoms. The summed E-state index contributed by atoms with van der Waals surface area (Å²) in [6.45, 7) is 0. The molecule has 1 fully saturated rings. The quantitative estimate of drug-likeness (QED) is 0.770. The molecule has 1 aliphatic rings. The molecule has 0 aromatic heterocycles. The number of rotatable bonds is 4. The Morgan fingerprint density at radius 2 is 1.62 bits per heavy atom. The van der Waals surface area contributed by atoms with Gasteiger partial charge in [0.1, 0.15) is 0 Å². The van der Waals surface area contributed by atoms with Crippen LogP contribution in [0.15, 0.2) is 53.0 Å². The Morgan fingerprint density at radius 1 is 0.962 bits per heavy atom. The summed E-state index contributed by atoms with van der Waals surface area (Å²) in [4.78, 5) is 25.0. The van der Waals surface area contributed by atoms with Crippen LogP contribution in [-0.2, 0) is 9.84 Å². The van der Waals surface area contributed by atoms with Crippen molar-refractivity contribution < 1.29 is 18.0 Å². The van der Waals surface area contributed by atoms with E-state index in [1.807, 2.05) is 0 Å². The molecule has 26 heavy (non-hydrogen) atoms. The van der Waals surface area contributed by atoms with Gasteiger partial charge in [-0.1, -0.05) is 24.3 Å². The molecular formula is C18H17BrN2O4S. The number of nitrogens with one attached hydrogen (secondary N) is 2. The molecule has 0 radical (unpaired) electrons. The summed E-state index contributed by atoms with van der Waals surface area (Å²) in [5.41, 5.74) is 1.11. The van der Waals surface area contributed by atoms with Crippen molar-refractivity contribution in [3.8, 4) is 0 Å². The zero-order valence-corrected chi connectivity index (χ0v) is 16.1. The summed E-state index contributed by atoms with van der Waals surface area (Å²) >= 11 is 3.33. The maximum Gasteiger partial charge on any atom is 0.256 e. The van der Waals surface area contributed by atoms with Gasteiger partial charge in [0, 0.05) is 10.5 Å². The van der Waals surface area contributed by atoms with Gasteiger partial charge in [0.25, 0.3) is 11.8 Å². The number of sulfone groups is 1. The zero-order chi connectivity index (χ0) is 18.7. The van der Waals surface area contributed by atoms with Gasteiger partial charge in [0.15, 0.2) is 9.84 Å². The van der Waals surface area contributed by atoms with Gasteiger partial charge in [-0.05, 0) is 46.6 Å². The van der Waals surface area contributed by atoms with Crippen LogP contribution in [-0.4, -0.2) is 37.8 Å². The van der Waals surface area contributed by atoms with Crippen LogP contribution in [0.1, 0.15) is 27.1 Å². The van der Waals surface area contributed by atoms with Crippen LogP contribution >= 0.6 is 15.9 Å². The molecule has 2 amide bonds. The van der Waals surface area contributed by atoms with Gasteiger partial charge in [-0.25, -0.2) is 8.42 Å². The van der Waals surface area contributed by atoms with Crippen molar-refractivity contribution in [2.75, 3.05) is 16.8 Å². The number of para-hydroxylation sites is 1.